The number of aromatic nitrogens is 1. The molecule has 2 heterocycles. The zero-order chi connectivity index (χ0) is 19.7. The van der Waals surface area contributed by atoms with E-state index in [2.05, 4.69) is 21.4 Å². The zero-order valence-electron chi connectivity index (χ0n) is 14.5. The summed E-state index contributed by atoms with van der Waals surface area (Å²) in [4.78, 5) is 30.0. The van der Waals surface area contributed by atoms with Gasteiger partial charge in [-0.2, -0.15) is 5.26 Å². The van der Waals surface area contributed by atoms with Gasteiger partial charge in [0.05, 0.1) is 34.8 Å². The second-order valence-electron chi connectivity index (χ2n) is 6.23. The number of hydrogen-bond acceptors (Lipinski definition) is 7. The fourth-order valence-corrected chi connectivity index (χ4v) is 3.77. The van der Waals surface area contributed by atoms with Crippen LogP contribution in [0, 0.1) is 11.3 Å². The van der Waals surface area contributed by atoms with Gasteiger partial charge in [-0.15, -0.1) is 0 Å². The fourth-order valence-electron chi connectivity index (χ4n) is 3.14. The average molecular weight is 390 g/mol. The normalized spacial score (nSPS) is 15.5. The van der Waals surface area contributed by atoms with Gasteiger partial charge in [0, 0.05) is 6.42 Å². The van der Waals surface area contributed by atoms with Crippen molar-refractivity contribution >= 4 is 28.4 Å². The monoisotopic (exact) mass is 390 g/mol. The van der Waals surface area contributed by atoms with E-state index < -0.39 is 10.4 Å². The first-order chi connectivity index (χ1) is 13.5. The molecule has 0 saturated heterocycles. The van der Waals surface area contributed by atoms with Crippen molar-refractivity contribution in [3.8, 4) is 11.1 Å². The maximum absolute atomic E-state index is 12.4. The Morgan fingerprint density at radius 2 is 1.89 bits per heavy atom. The minimum Gasteiger partial charge on any atom is -0.499 e. The molecule has 0 amide bonds. The molecule has 0 saturated carbocycles. The molecule has 0 bridgehead atoms. The van der Waals surface area contributed by atoms with Crippen LogP contribution in [0.2, 0.25) is 0 Å². The average Bonchev–Trinajstić information content (AvgIpc) is 2.87. The van der Waals surface area contributed by atoms with Gasteiger partial charge in [-0.25, -0.2) is 0 Å². The van der Waals surface area contributed by atoms with Gasteiger partial charge in [0.1, 0.15) is 5.56 Å². The molecule has 2 aromatic carbocycles. The first-order valence-electron chi connectivity index (χ1n) is 8.45. The van der Waals surface area contributed by atoms with Crippen molar-refractivity contribution < 1.29 is 5.11 Å². The topological polar surface area (TPSA) is 118 Å². The molecule has 1 aliphatic heterocycles. The van der Waals surface area contributed by atoms with Crippen LogP contribution < -0.4 is 15.7 Å². The van der Waals surface area contributed by atoms with Crippen molar-refractivity contribution in [1.82, 2.24) is 4.98 Å². The van der Waals surface area contributed by atoms with E-state index >= 15 is 0 Å². The van der Waals surface area contributed by atoms with Gasteiger partial charge in [0.15, 0.2) is 5.06 Å². The lowest BCUT2D eigenvalue weighted by atomic mass is 9.97. The molecule has 0 aliphatic carbocycles. The van der Waals surface area contributed by atoms with Crippen LogP contribution in [0.5, 0.6) is 5.06 Å². The van der Waals surface area contributed by atoms with Crippen LogP contribution in [0.25, 0.3) is 0 Å². The number of nitriles is 1. The Morgan fingerprint density at radius 3 is 2.61 bits per heavy atom. The zero-order valence-corrected chi connectivity index (χ0v) is 15.3. The summed E-state index contributed by atoms with van der Waals surface area (Å²) in [5.74, 6) is 0. The third kappa shape index (κ3) is 3.31. The van der Waals surface area contributed by atoms with Gasteiger partial charge in [-0.3, -0.25) is 19.6 Å². The summed E-state index contributed by atoms with van der Waals surface area (Å²) in [6.45, 7) is 0. The lowest BCUT2D eigenvalue weighted by molar-refractivity contribution is 0.487. The molecule has 3 aromatic rings. The number of para-hydroxylation sites is 2. The molecule has 28 heavy (non-hydrogen) atoms. The molecule has 7 nitrogen and oxygen atoms in total. The molecule has 4 rings (SSSR count). The molecule has 0 fully saturated rings. The van der Waals surface area contributed by atoms with E-state index in [0.717, 1.165) is 11.3 Å². The Bertz CT molecular complexity index is 1240. The summed E-state index contributed by atoms with van der Waals surface area (Å²) in [6.07, 6.45) is 0.308. The summed E-state index contributed by atoms with van der Waals surface area (Å²) in [5.41, 5.74) is 2.58. The van der Waals surface area contributed by atoms with E-state index in [9.17, 15) is 14.7 Å². The number of anilines is 1. The van der Waals surface area contributed by atoms with Gasteiger partial charge >= 0.3 is 4.87 Å². The minimum absolute atomic E-state index is 0.00162. The minimum atomic E-state index is -0.669. The van der Waals surface area contributed by atoms with E-state index in [-0.39, 0.29) is 16.7 Å². The van der Waals surface area contributed by atoms with E-state index in [1.807, 2.05) is 30.3 Å². The third-order valence-electron chi connectivity index (χ3n) is 4.46. The SMILES string of the molecule is N#Cc1ccc(C2CC(c3c(O)sc(=O)[nH]c3=O)=Nc3ccccc3N2)cc1. The maximum Gasteiger partial charge on any atom is 0.310 e. The quantitative estimate of drug-likeness (QED) is 0.621. The fraction of sp³-hybridized carbons (Fsp3) is 0.100. The van der Waals surface area contributed by atoms with Gasteiger partial charge in [0.25, 0.3) is 5.56 Å². The van der Waals surface area contributed by atoms with Crippen LogP contribution in [0.15, 0.2) is 63.1 Å². The maximum atomic E-state index is 12.4. The number of aliphatic imine (C=N–C) groups is 1. The molecule has 0 radical (unpaired) electrons. The number of nitrogens with one attached hydrogen (secondary N) is 2. The summed E-state index contributed by atoms with van der Waals surface area (Å²) >= 11 is 0.564. The number of nitrogens with zero attached hydrogens (tertiary/aromatic N) is 2. The van der Waals surface area contributed by atoms with Crippen LogP contribution in [0.1, 0.15) is 29.2 Å². The summed E-state index contributed by atoms with van der Waals surface area (Å²) in [6, 6.07) is 16.4. The molecule has 3 N–H and O–H groups in total. The number of fused-ring (bicyclic) bond motifs is 1. The van der Waals surface area contributed by atoms with Crippen molar-refractivity contribution in [1.29, 1.82) is 5.26 Å². The lowest BCUT2D eigenvalue weighted by Gasteiger charge is -2.19. The van der Waals surface area contributed by atoms with E-state index in [0.29, 0.717) is 34.7 Å². The van der Waals surface area contributed by atoms with Crippen LogP contribution >= 0.6 is 11.3 Å². The predicted molar refractivity (Wildman–Crippen MR) is 108 cm³/mol. The number of hydrogen-bond donors (Lipinski definition) is 3. The molecule has 1 aromatic heterocycles. The number of aromatic hydroxyl groups is 1. The largest absolute Gasteiger partial charge is 0.499 e. The Kier molecular flexibility index (Phi) is 4.51. The standard InChI is InChI=1S/C20H14N4O3S/c21-10-11-5-7-12(8-6-11)15-9-16(17-18(25)24-20(27)28-19(17)26)23-14-4-2-1-3-13(14)22-15/h1-8,15,22,26H,9H2,(H,24,25,27). The number of rotatable bonds is 2. The second-order valence-corrected chi connectivity index (χ2v) is 7.20. The molecule has 8 heteroatoms. The van der Waals surface area contributed by atoms with Crippen molar-refractivity contribution in [2.45, 2.75) is 12.5 Å². The van der Waals surface area contributed by atoms with Gasteiger partial charge in [-0.05, 0) is 41.2 Å². The molecule has 0 spiro atoms. The summed E-state index contributed by atoms with van der Waals surface area (Å²) < 4.78 is 0. The molecular formula is C20H14N4O3S. The number of aromatic amines is 1. The van der Waals surface area contributed by atoms with Gasteiger partial charge < -0.3 is 10.4 Å². The van der Waals surface area contributed by atoms with Crippen LogP contribution in [-0.4, -0.2) is 15.8 Å². The number of H-pyrrole nitrogens is 1. The first kappa shape index (κ1) is 17.7. The Morgan fingerprint density at radius 1 is 1.14 bits per heavy atom. The highest BCUT2D eigenvalue weighted by atomic mass is 32.1. The summed E-state index contributed by atoms with van der Waals surface area (Å²) in [7, 11) is 0. The van der Waals surface area contributed by atoms with Crippen molar-refractivity contribution in [3.05, 3.63) is 85.2 Å². The van der Waals surface area contributed by atoms with Gasteiger partial charge in [-0.1, -0.05) is 24.3 Å². The van der Waals surface area contributed by atoms with Crippen LogP contribution in [0.4, 0.5) is 11.4 Å². The van der Waals surface area contributed by atoms with Gasteiger partial charge in [0.2, 0.25) is 0 Å². The molecule has 1 unspecified atom stereocenters. The Balaban J connectivity index is 1.86. The smallest absolute Gasteiger partial charge is 0.310 e. The second kappa shape index (κ2) is 7.13. The first-order valence-corrected chi connectivity index (χ1v) is 9.27. The lowest BCUT2D eigenvalue weighted by Crippen LogP contribution is -2.25. The van der Waals surface area contributed by atoms with Crippen molar-refractivity contribution in [2.75, 3.05) is 5.32 Å². The summed E-state index contributed by atoms with van der Waals surface area (Å²) in [5, 5.41) is 22.3. The molecule has 138 valence electrons. The van der Waals surface area contributed by atoms with E-state index in [1.54, 1.807) is 18.2 Å². The van der Waals surface area contributed by atoms with E-state index in [1.165, 1.54) is 0 Å². The van der Waals surface area contributed by atoms with E-state index in [4.69, 9.17) is 5.26 Å². The highest BCUT2D eigenvalue weighted by molar-refractivity contribution is 7.11. The van der Waals surface area contributed by atoms with Crippen molar-refractivity contribution in [3.63, 3.8) is 0 Å². The van der Waals surface area contributed by atoms with Crippen LogP contribution in [-0.2, 0) is 0 Å². The van der Waals surface area contributed by atoms with Crippen molar-refractivity contribution in [2.24, 2.45) is 4.99 Å². The highest BCUT2D eigenvalue weighted by Crippen LogP contribution is 2.36. The third-order valence-corrected chi connectivity index (χ3v) is 5.15. The predicted octanol–water partition coefficient (Wildman–Crippen LogP) is 3.05. The highest BCUT2D eigenvalue weighted by Gasteiger charge is 2.25. The molecule has 1 aliphatic rings. The molecule has 1 atom stereocenters. The Hall–Kier alpha value is -3.70. The molecular weight excluding hydrogens is 376 g/mol. The Labute approximate surface area is 163 Å². The number of benzene rings is 2. The van der Waals surface area contributed by atoms with Crippen LogP contribution in [0.3, 0.4) is 0 Å².